The molecule has 2 amide bonds. The predicted molar refractivity (Wildman–Crippen MR) is 80.6 cm³/mol. The molecule has 1 aromatic heterocycles. The van der Waals surface area contributed by atoms with Crippen molar-refractivity contribution in [1.82, 2.24) is 14.8 Å². The standard InChI is InChI=1S/C16H23N3O2/c1-11-8-12(2)17-14(9-11)10-18(4)16(21)13(3)19-7-5-6-15(19)20/h8-9,13H,5-7,10H2,1-4H3/t13-/m1/s1. The fraction of sp³-hybridized carbons (Fsp3) is 0.562. The third-order valence-electron chi connectivity index (χ3n) is 3.86. The quantitative estimate of drug-likeness (QED) is 0.847. The van der Waals surface area contributed by atoms with Crippen molar-refractivity contribution in [2.45, 2.75) is 46.2 Å². The van der Waals surface area contributed by atoms with E-state index >= 15 is 0 Å². The Morgan fingerprint density at radius 3 is 2.71 bits per heavy atom. The Bertz CT molecular complexity index is 536. The molecule has 0 spiro atoms. The average Bonchev–Trinajstić information content (AvgIpc) is 2.82. The summed E-state index contributed by atoms with van der Waals surface area (Å²) in [4.78, 5) is 32.0. The molecule has 0 bridgehead atoms. The number of likely N-dealkylation sites (N-methyl/N-ethyl adjacent to an activating group) is 1. The second-order valence-corrected chi connectivity index (χ2v) is 5.84. The van der Waals surface area contributed by atoms with E-state index < -0.39 is 6.04 Å². The second-order valence-electron chi connectivity index (χ2n) is 5.84. The summed E-state index contributed by atoms with van der Waals surface area (Å²) in [5, 5.41) is 0. The highest BCUT2D eigenvalue weighted by molar-refractivity contribution is 5.88. The normalized spacial score (nSPS) is 16.2. The van der Waals surface area contributed by atoms with E-state index in [4.69, 9.17) is 0 Å². The van der Waals surface area contributed by atoms with Gasteiger partial charge in [-0.05, 0) is 44.9 Å². The molecular formula is C16H23N3O2. The highest BCUT2D eigenvalue weighted by Gasteiger charge is 2.31. The molecule has 1 aromatic rings. The van der Waals surface area contributed by atoms with Gasteiger partial charge in [-0.25, -0.2) is 0 Å². The van der Waals surface area contributed by atoms with E-state index in [1.807, 2.05) is 26.0 Å². The van der Waals surface area contributed by atoms with Crippen LogP contribution in [0.5, 0.6) is 0 Å². The van der Waals surface area contributed by atoms with Crippen molar-refractivity contribution in [2.75, 3.05) is 13.6 Å². The van der Waals surface area contributed by atoms with Crippen LogP contribution in [-0.4, -0.2) is 46.2 Å². The summed E-state index contributed by atoms with van der Waals surface area (Å²) in [6, 6.07) is 3.61. The summed E-state index contributed by atoms with van der Waals surface area (Å²) < 4.78 is 0. The maximum Gasteiger partial charge on any atom is 0.245 e. The van der Waals surface area contributed by atoms with Crippen molar-refractivity contribution in [3.8, 4) is 0 Å². The van der Waals surface area contributed by atoms with Gasteiger partial charge in [-0.1, -0.05) is 0 Å². The molecule has 1 aliphatic heterocycles. The number of nitrogens with zero attached hydrogens (tertiary/aromatic N) is 3. The zero-order chi connectivity index (χ0) is 15.6. The van der Waals surface area contributed by atoms with Crippen LogP contribution in [0, 0.1) is 13.8 Å². The van der Waals surface area contributed by atoms with Crippen LogP contribution >= 0.6 is 0 Å². The maximum absolute atomic E-state index is 12.5. The first-order valence-corrected chi connectivity index (χ1v) is 7.37. The summed E-state index contributed by atoms with van der Waals surface area (Å²) in [6.07, 6.45) is 1.40. The molecule has 0 N–H and O–H groups in total. The molecule has 5 nitrogen and oxygen atoms in total. The largest absolute Gasteiger partial charge is 0.338 e. The van der Waals surface area contributed by atoms with Crippen molar-refractivity contribution in [3.63, 3.8) is 0 Å². The minimum absolute atomic E-state index is 0.0359. The highest BCUT2D eigenvalue weighted by atomic mass is 16.2. The number of hydrogen-bond donors (Lipinski definition) is 0. The predicted octanol–water partition coefficient (Wildman–Crippen LogP) is 1.67. The van der Waals surface area contributed by atoms with E-state index in [0.717, 1.165) is 23.4 Å². The van der Waals surface area contributed by atoms with Crippen molar-refractivity contribution >= 4 is 11.8 Å². The Hall–Kier alpha value is -1.91. The first-order chi connectivity index (χ1) is 9.88. The summed E-state index contributed by atoms with van der Waals surface area (Å²) in [6.45, 7) is 6.92. The molecule has 0 aliphatic carbocycles. The average molecular weight is 289 g/mol. The molecule has 1 aliphatic rings. The van der Waals surface area contributed by atoms with Gasteiger partial charge in [-0.15, -0.1) is 0 Å². The number of aryl methyl sites for hydroxylation is 2. The van der Waals surface area contributed by atoms with Crippen molar-refractivity contribution in [3.05, 3.63) is 29.1 Å². The maximum atomic E-state index is 12.5. The summed E-state index contributed by atoms with van der Waals surface area (Å²) >= 11 is 0. The molecular weight excluding hydrogens is 266 g/mol. The zero-order valence-corrected chi connectivity index (χ0v) is 13.2. The fourth-order valence-electron chi connectivity index (χ4n) is 2.86. The molecule has 2 rings (SSSR count). The minimum atomic E-state index is -0.393. The third-order valence-corrected chi connectivity index (χ3v) is 3.86. The molecule has 5 heteroatoms. The lowest BCUT2D eigenvalue weighted by molar-refractivity contribution is -0.142. The number of rotatable bonds is 4. The van der Waals surface area contributed by atoms with Crippen LogP contribution in [0.2, 0.25) is 0 Å². The van der Waals surface area contributed by atoms with Gasteiger partial charge in [-0.2, -0.15) is 0 Å². The van der Waals surface area contributed by atoms with Gasteiger partial charge in [0.05, 0.1) is 12.2 Å². The Morgan fingerprint density at radius 1 is 1.43 bits per heavy atom. The molecule has 0 saturated carbocycles. The van der Waals surface area contributed by atoms with Gasteiger partial charge in [-0.3, -0.25) is 14.6 Å². The van der Waals surface area contributed by atoms with Gasteiger partial charge in [0, 0.05) is 25.7 Å². The Labute approximate surface area is 126 Å². The van der Waals surface area contributed by atoms with Gasteiger partial charge >= 0.3 is 0 Å². The molecule has 0 unspecified atom stereocenters. The summed E-state index contributed by atoms with van der Waals surface area (Å²) in [5.74, 6) is 0.0417. The molecule has 21 heavy (non-hydrogen) atoms. The van der Waals surface area contributed by atoms with Crippen LogP contribution in [0.25, 0.3) is 0 Å². The summed E-state index contributed by atoms with van der Waals surface area (Å²) in [5.41, 5.74) is 2.97. The van der Waals surface area contributed by atoms with E-state index in [9.17, 15) is 9.59 Å². The Morgan fingerprint density at radius 2 is 2.14 bits per heavy atom. The number of carbonyl (C=O) groups is 2. The smallest absolute Gasteiger partial charge is 0.245 e. The molecule has 1 atom stereocenters. The van der Waals surface area contributed by atoms with Crippen LogP contribution < -0.4 is 0 Å². The first kappa shape index (κ1) is 15.5. The number of likely N-dealkylation sites (tertiary alicyclic amines) is 1. The topological polar surface area (TPSA) is 53.5 Å². The minimum Gasteiger partial charge on any atom is -0.338 e. The lowest BCUT2D eigenvalue weighted by Gasteiger charge is -2.27. The number of amides is 2. The molecule has 1 fully saturated rings. The van der Waals surface area contributed by atoms with Gasteiger partial charge in [0.25, 0.3) is 0 Å². The monoisotopic (exact) mass is 289 g/mol. The van der Waals surface area contributed by atoms with Crippen LogP contribution in [0.3, 0.4) is 0 Å². The number of carbonyl (C=O) groups excluding carboxylic acids is 2. The lowest BCUT2D eigenvalue weighted by atomic mass is 10.2. The van der Waals surface area contributed by atoms with Crippen LogP contribution in [0.1, 0.15) is 36.7 Å². The molecule has 114 valence electrons. The van der Waals surface area contributed by atoms with Gasteiger partial charge in [0.15, 0.2) is 0 Å². The Kier molecular flexibility index (Phi) is 4.60. The van der Waals surface area contributed by atoms with Crippen molar-refractivity contribution < 1.29 is 9.59 Å². The Balaban J connectivity index is 2.03. The van der Waals surface area contributed by atoms with Crippen molar-refractivity contribution in [2.24, 2.45) is 0 Å². The molecule has 1 saturated heterocycles. The van der Waals surface area contributed by atoms with E-state index in [1.54, 1.807) is 23.8 Å². The molecule has 2 heterocycles. The van der Waals surface area contributed by atoms with Crippen LogP contribution in [0.15, 0.2) is 12.1 Å². The van der Waals surface area contributed by atoms with Gasteiger partial charge < -0.3 is 9.80 Å². The van der Waals surface area contributed by atoms with Gasteiger partial charge in [0.1, 0.15) is 6.04 Å². The fourth-order valence-corrected chi connectivity index (χ4v) is 2.86. The molecule has 0 aromatic carbocycles. The highest BCUT2D eigenvalue weighted by Crippen LogP contribution is 2.15. The first-order valence-electron chi connectivity index (χ1n) is 7.37. The van der Waals surface area contributed by atoms with Crippen LogP contribution in [-0.2, 0) is 16.1 Å². The van der Waals surface area contributed by atoms with E-state index in [2.05, 4.69) is 4.98 Å². The SMILES string of the molecule is Cc1cc(C)nc(CN(C)C(=O)[C@@H](C)N2CCCC2=O)c1. The number of aromatic nitrogens is 1. The van der Waals surface area contributed by atoms with E-state index in [1.165, 1.54) is 0 Å². The van der Waals surface area contributed by atoms with Crippen LogP contribution in [0.4, 0.5) is 0 Å². The van der Waals surface area contributed by atoms with E-state index in [-0.39, 0.29) is 11.8 Å². The lowest BCUT2D eigenvalue weighted by Crippen LogP contribution is -2.46. The second kappa shape index (κ2) is 6.24. The summed E-state index contributed by atoms with van der Waals surface area (Å²) in [7, 11) is 1.76. The van der Waals surface area contributed by atoms with Crippen molar-refractivity contribution in [1.29, 1.82) is 0 Å². The van der Waals surface area contributed by atoms with Gasteiger partial charge in [0.2, 0.25) is 11.8 Å². The number of hydrogen-bond acceptors (Lipinski definition) is 3. The van der Waals surface area contributed by atoms with E-state index in [0.29, 0.717) is 19.5 Å². The number of pyridine rings is 1. The third kappa shape index (κ3) is 3.60. The zero-order valence-electron chi connectivity index (χ0n) is 13.2. The molecule has 0 radical (unpaired) electrons.